The molecular formula is C16H16N2O6. The molecule has 0 aliphatic carbocycles. The molecule has 2 rings (SSSR count). The molecule has 0 saturated carbocycles. The minimum absolute atomic E-state index is 0.0331. The topological polar surface area (TPSA) is 118 Å². The number of H-pyrrole nitrogens is 2. The lowest BCUT2D eigenvalue weighted by Crippen LogP contribution is -2.28. The summed E-state index contributed by atoms with van der Waals surface area (Å²) in [6.45, 7) is 0.0331. The number of ether oxygens (including phenoxy) is 2. The molecule has 0 bridgehead atoms. The van der Waals surface area contributed by atoms with Gasteiger partial charge in [-0.15, -0.1) is 0 Å². The van der Waals surface area contributed by atoms with Crippen LogP contribution in [0.2, 0.25) is 0 Å². The molecule has 24 heavy (non-hydrogen) atoms. The molecule has 0 saturated heterocycles. The predicted molar refractivity (Wildman–Crippen MR) is 84.4 cm³/mol. The summed E-state index contributed by atoms with van der Waals surface area (Å²) >= 11 is 0. The van der Waals surface area contributed by atoms with Gasteiger partial charge in [0, 0.05) is 12.5 Å². The highest BCUT2D eigenvalue weighted by Crippen LogP contribution is 2.29. The number of hydrogen-bond acceptors (Lipinski definition) is 6. The van der Waals surface area contributed by atoms with E-state index in [1.807, 2.05) is 0 Å². The predicted octanol–water partition coefficient (Wildman–Crippen LogP) is 0.351. The average Bonchev–Trinajstić information content (AvgIpc) is 2.60. The Bertz CT molecular complexity index is 852. The molecule has 2 aromatic rings. The summed E-state index contributed by atoms with van der Waals surface area (Å²) < 4.78 is 10.8. The number of aryl methyl sites for hydroxylation is 1. The van der Waals surface area contributed by atoms with Crippen LogP contribution in [-0.2, 0) is 22.6 Å². The molecule has 0 spiro atoms. The SMILES string of the molecule is COc1cc(CCC(=O)C=O)ccc1OCc1cc(=O)c(=O)[nH][nH]1. The number of methoxy groups -OCH3 is 1. The Labute approximate surface area is 136 Å². The van der Waals surface area contributed by atoms with Gasteiger partial charge in [0.15, 0.2) is 23.6 Å². The van der Waals surface area contributed by atoms with Gasteiger partial charge in [-0.05, 0) is 24.1 Å². The normalized spacial score (nSPS) is 10.2. The van der Waals surface area contributed by atoms with E-state index in [1.54, 1.807) is 18.2 Å². The first-order valence-electron chi connectivity index (χ1n) is 7.12. The maximum Gasteiger partial charge on any atom is 0.310 e. The Balaban J connectivity index is 2.08. The molecule has 0 aliphatic heterocycles. The maximum atomic E-state index is 11.3. The van der Waals surface area contributed by atoms with Crippen molar-refractivity contribution in [1.29, 1.82) is 0 Å². The number of rotatable bonds is 8. The highest BCUT2D eigenvalue weighted by Gasteiger charge is 2.08. The lowest BCUT2D eigenvalue weighted by molar-refractivity contribution is -0.129. The third-order valence-electron chi connectivity index (χ3n) is 3.27. The number of aldehydes is 1. The number of carbonyl (C=O) groups is 2. The molecule has 126 valence electrons. The first-order chi connectivity index (χ1) is 11.5. The van der Waals surface area contributed by atoms with Crippen LogP contribution < -0.4 is 20.5 Å². The van der Waals surface area contributed by atoms with E-state index in [9.17, 15) is 19.2 Å². The number of Topliss-reactive ketones (excluding diaryl/α,β-unsaturated/α-hetero) is 1. The molecule has 0 atom stereocenters. The second kappa shape index (κ2) is 7.91. The molecular weight excluding hydrogens is 316 g/mol. The number of hydrogen-bond donors (Lipinski definition) is 2. The van der Waals surface area contributed by atoms with Gasteiger partial charge in [-0.25, -0.2) is 0 Å². The molecule has 8 heteroatoms. The lowest BCUT2D eigenvalue weighted by Gasteiger charge is -2.12. The number of aromatic nitrogens is 2. The molecule has 1 heterocycles. The van der Waals surface area contributed by atoms with Crippen LogP contribution in [0.5, 0.6) is 11.5 Å². The quantitative estimate of drug-likeness (QED) is 0.532. The molecule has 0 aliphatic rings. The summed E-state index contributed by atoms with van der Waals surface area (Å²) in [5, 5.41) is 4.77. The van der Waals surface area contributed by atoms with Crippen LogP contribution in [0.4, 0.5) is 0 Å². The largest absolute Gasteiger partial charge is 0.493 e. The molecule has 0 fully saturated rings. The van der Waals surface area contributed by atoms with Crippen LogP contribution >= 0.6 is 0 Å². The van der Waals surface area contributed by atoms with E-state index in [1.165, 1.54) is 7.11 Å². The third kappa shape index (κ3) is 4.42. The molecule has 2 N–H and O–H groups in total. The van der Waals surface area contributed by atoms with Gasteiger partial charge in [-0.3, -0.25) is 29.4 Å². The van der Waals surface area contributed by atoms with Gasteiger partial charge in [0.2, 0.25) is 5.43 Å². The van der Waals surface area contributed by atoms with E-state index >= 15 is 0 Å². The number of carbonyl (C=O) groups excluding carboxylic acids is 2. The Kier molecular flexibility index (Phi) is 5.67. The number of benzene rings is 1. The van der Waals surface area contributed by atoms with Crippen LogP contribution in [0, 0.1) is 0 Å². The second-order valence-corrected chi connectivity index (χ2v) is 4.97. The molecule has 0 radical (unpaired) electrons. The monoisotopic (exact) mass is 332 g/mol. The highest BCUT2D eigenvalue weighted by atomic mass is 16.5. The third-order valence-corrected chi connectivity index (χ3v) is 3.27. The summed E-state index contributed by atoms with van der Waals surface area (Å²) in [5.74, 6) is 0.434. The van der Waals surface area contributed by atoms with Crippen LogP contribution in [0.25, 0.3) is 0 Å². The van der Waals surface area contributed by atoms with E-state index in [4.69, 9.17) is 9.47 Å². The van der Waals surface area contributed by atoms with Crippen molar-refractivity contribution < 1.29 is 19.1 Å². The van der Waals surface area contributed by atoms with Gasteiger partial charge < -0.3 is 9.47 Å². The van der Waals surface area contributed by atoms with E-state index < -0.39 is 16.8 Å². The van der Waals surface area contributed by atoms with Gasteiger partial charge in [0.25, 0.3) is 0 Å². The summed E-state index contributed by atoms with van der Waals surface area (Å²) in [6, 6.07) is 6.29. The molecule has 1 aromatic carbocycles. The van der Waals surface area contributed by atoms with E-state index in [-0.39, 0.29) is 13.0 Å². The Morgan fingerprint density at radius 2 is 1.96 bits per heavy atom. The summed E-state index contributed by atoms with van der Waals surface area (Å²) in [4.78, 5) is 43.6. The maximum absolute atomic E-state index is 11.3. The molecule has 0 unspecified atom stereocenters. The lowest BCUT2D eigenvalue weighted by atomic mass is 10.1. The fourth-order valence-corrected chi connectivity index (χ4v) is 2.00. The zero-order valence-corrected chi connectivity index (χ0v) is 13.0. The zero-order valence-electron chi connectivity index (χ0n) is 13.0. The Morgan fingerprint density at radius 3 is 2.62 bits per heavy atom. The first-order valence-corrected chi connectivity index (χ1v) is 7.12. The summed E-state index contributed by atoms with van der Waals surface area (Å²) in [5.41, 5.74) is -0.158. The van der Waals surface area contributed by atoms with Crippen molar-refractivity contribution in [2.75, 3.05) is 7.11 Å². The summed E-state index contributed by atoms with van der Waals surface area (Å²) in [6.07, 6.45) is 0.854. The van der Waals surface area contributed by atoms with Gasteiger partial charge in [-0.2, -0.15) is 0 Å². The standard InChI is InChI=1S/C16H16N2O6/c1-23-15-6-10(2-4-12(20)8-19)3-5-14(15)24-9-11-7-13(21)16(22)18-17-11/h3,5-8H,2,4,9H2,1H3,(H,17,21)(H,18,22). The zero-order chi connectivity index (χ0) is 17.5. The number of aromatic amines is 2. The van der Waals surface area contributed by atoms with Crippen molar-refractivity contribution in [3.63, 3.8) is 0 Å². The fourth-order valence-electron chi connectivity index (χ4n) is 2.00. The Hall–Kier alpha value is -3.16. The van der Waals surface area contributed by atoms with Crippen molar-refractivity contribution in [3.05, 3.63) is 56.1 Å². The average molecular weight is 332 g/mol. The van der Waals surface area contributed by atoms with Crippen molar-refractivity contribution >= 4 is 12.1 Å². The van der Waals surface area contributed by atoms with Gasteiger partial charge >= 0.3 is 5.56 Å². The van der Waals surface area contributed by atoms with Gasteiger partial charge in [0.1, 0.15) is 6.61 Å². The minimum Gasteiger partial charge on any atom is -0.493 e. The Morgan fingerprint density at radius 1 is 1.17 bits per heavy atom. The fraction of sp³-hybridized carbons (Fsp3) is 0.250. The van der Waals surface area contributed by atoms with Crippen LogP contribution in [0.3, 0.4) is 0 Å². The molecule has 0 amide bonds. The second-order valence-electron chi connectivity index (χ2n) is 4.97. The van der Waals surface area contributed by atoms with Crippen molar-refractivity contribution in [2.45, 2.75) is 19.4 Å². The van der Waals surface area contributed by atoms with Crippen molar-refractivity contribution in [2.24, 2.45) is 0 Å². The molecule has 8 nitrogen and oxygen atoms in total. The van der Waals surface area contributed by atoms with Crippen LogP contribution in [0.1, 0.15) is 17.7 Å². The number of ketones is 1. The van der Waals surface area contributed by atoms with Crippen LogP contribution in [0.15, 0.2) is 33.9 Å². The van der Waals surface area contributed by atoms with Crippen molar-refractivity contribution in [3.8, 4) is 11.5 Å². The smallest absolute Gasteiger partial charge is 0.310 e. The van der Waals surface area contributed by atoms with Gasteiger partial charge in [0.05, 0.1) is 12.8 Å². The van der Waals surface area contributed by atoms with E-state index in [2.05, 4.69) is 10.2 Å². The first kappa shape index (κ1) is 17.2. The number of nitrogens with one attached hydrogen (secondary N) is 2. The molecule has 1 aromatic heterocycles. The van der Waals surface area contributed by atoms with E-state index in [0.717, 1.165) is 11.6 Å². The summed E-state index contributed by atoms with van der Waals surface area (Å²) in [7, 11) is 1.48. The highest BCUT2D eigenvalue weighted by molar-refractivity contribution is 6.24. The van der Waals surface area contributed by atoms with Crippen molar-refractivity contribution in [1.82, 2.24) is 10.2 Å². The van der Waals surface area contributed by atoms with Crippen LogP contribution in [-0.4, -0.2) is 29.4 Å². The van der Waals surface area contributed by atoms with Gasteiger partial charge in [-0.1, -0.05) is 6.07 Å². The minimum atomic E-state index is -0.731. The van der Waals surface area contributed by atoms with E-state index in [0.29, 0.717) is 29.9 Å².